The van der Waals surface area contributed by atoms with E-state index in [1.165, 1.54) is 11.1 Å². The molecule has 108 valence electrons. The number of carbonyl (C=O) groups is 1. The standard InChI is InChI=1S/C17H28O2/c1-7-19-17(18)16(14(4)5)12-11-15(6)10-8-9-13(2)3/h9,11-12,14H,7-8,10H2,1-6H3. The Morgan fingerprint density at radius 3 is 2.26 bits per heavy atom. The summed E-state index contributed by atoms with van der Waals surface area (Å²) in [7, 11) is 0. The Morgan fingerprint density at radius 1 is 1.16 bits per heavy atom. The van der Waals surface area contributed by atoms with Crippen molar-refractivity contribution in [3.8, 4) is 0 Å². The largest absolute Gasteiger partial charge is 0.463 e. The van der Waals surface area contributed by atoms with Crippen molar-refractivity contribution < 1.29 is 9.53 Å². The van der Waals surface area contributed by atoms with E-state index in [-0.39, 0.29) is 11.9 Å². The Morgan fingerprint density at radius 2 is 1.79 bits per heavy atom. The first kappa shape index (κ1) is 17.7. The van der Waals surface area contributed by atoms with Crippen LogP contribution in [0.15, 0.2) is 34.9 Å². The molecule has 0 N–H and O–H groups in total. The average Bonchev–Trinajstić information content (AvgIpc) is 2.28. The monoisotopic (exact) mass is 264 g/mol. The van der Waals surface area contributed by atoms with Gasteiger partial charge in [0.05, 0.1) is 6.61 Å². The summed E-state index contributed by atoms with van der Waals surface area (Å²) >= 11 is 0. The first-order valence-corrected chi connectivity index (χ1v) is 7.06. The van der Waals surface area contributed by atoms with Gasteiger partial charge in [-0.25, -0.2) is 4.79 Å². The smallest absolute Gasteiger partial charge is 0.334 e. The average molecular weight is 264 g/mol. The summed E-state index contributed by atoms with van der Waals surface area (Å²) in [5.41, 5.74) is 3.36. The van der Waals surface area contributed by atoms with Crippen LogP contribution in [-0.4, -0.2) is 12.6 Å². The number of hydrogen-bond donors (Lipinski definition) is 0. The van der Waals surface area contributed by atoms with Crippen molar-refractivity contribution in [2.75, 3.05) is 6.61 Å². The molecule has 0 saturated carbocycles. The van der Waals surface area contributed by atoms with Crippen LogP contribution in [0.5, 0.6) is 0 Å². The highest BCUT2D eigenvalue weighted by atomic mass is 16.5. The Bertz CT molecular complexity index is 367. The second-order valence-corrected chi connectivity index (χ2v) is 5.33. The lowest BCUT2D eigenvalue weighted by molar-refractivity contribution is -0.139. The summed E-state index contributed by atoms with van der Waals surface area (Å²) in [4.78, 5) is 11.8. The molecule has 0 aromatic rings. The van der Waals surface area contributed by atoms with Gasteiger partial charge in [-0.1, -0.05) is 43.2 Å². The van der Waals surface area contributed by atoms with E-state index >= 15 is 0 Å². The zero-order valence-corrected chi connectivity index (χ0v) is 13.2. The van der Waals surface area contributed by atoms with Crippen LogP contribution in [-0.2, 0) is 9.53 Å². The van der Waals surface area contributed by atoms with Crippen molar-refractivity contribution in [3.63, 3.8) is 0 Å². The van der Waals surface area contributed by atoms with E-state index in [0.717, 1.165) is 18.4 Å². The quantitative estimate of drug-likeness (QED) is 0.285. The Labute approximate surface area is 118 Å². The SMILES string of the molecule is CCOC(=O)C(=CC=C(C)CCC=C(C)C)C(C)C. The molecule has 0 amide bonds. The molecule has 0 spiro atoms. The van der Waals surface area contributed by atoms with Crippen LogP contribution >= 0.6 is 0 Å². The topological polar surface area (TPSA) is 26.3 Å². The van der Waals surface area contributed by atoms with E-state index in [1.807, 2.05) is 32.9 Å². The minimum Gasteiger partial charge on any atom is -0.463 e. The van der Waals surface area contributed by atoms with E-state index in [4.69, 9.17) is 4.74 Å². The molecule has 0 fully saturated rings. The summed E-state index contributed by atoms with van der Waals surface area (Å²) < 4.78 is 5.06. The predicted octanol–water partition coefficient (Wildman–Crippen LogP) is 4.82. The van der Waals surface area contributed by atoms with E-state index < -0.39 is 0 Å². The number of ether oxygens (including phenoxy) is 1. The second-order valence-electron chi connectivity index (χ2n) is 5.33. The van der Waals surface area contributed by atoms with Crippen molar-refractivity contribution >= 4 is 5.97 Å². The molecule has 0 bridgehead atoms. The molecule has 0 unspecified atom stereocenters. The van der Waals surface area contributed by atoms with Gasteiger partial charge in [0, 0.05) is 5.57 Å². The minimum atomic E-state index is -0.203. The molecule has 0 aliphatic heterocycles. The molecular weight excluding hydrogens is 236 g/mol. The Balaban J connectivity index is 4.67. The normalized spacial score (nSPS) is 12.6. The molecule has 0 radical (unpaired) electrons. The summed E-state index contributed by atoms with van der Waals surface area (Å²) in [5, 5.41) is 0. The molecular formula is C17H28O2. The Kier molecular flexibility index (Phi) is 8.94. The maximum Gasteiger partial charge on any atom is 0.334 e. The lowest BCUT2D eigenvalue weighted by Gasteiger charge is -2.09. The van der Waals surface area contributed by atoms with Gasteiger partial charge in [0.1, 0.15) is 0 Å². The summed E-state index contributed by atoms with van der Waals surface area (Å²) in [6.07, 6.45) is 8.24. The van der Waals surface area contributed by atoms with Gasteiger partial charge in [-0.2, -0.15) is 0 Å². The maximum absolute atomic E-state index is 11.8. The fraction of sp³-hybridized carbons (Fsp3) is 0.588. The number of rotatable bonds is 7. The molecule has 0 aliphatic carbocycles. The number of carbonyl (C=O) groups excluding carboxylic acids is 1. The molecule has 0 saturated heterocycles. The van der Waals surface area contributed by atoms with Crippen LogP contribution in [0.4, 0.5) is 0 Å². The van der Waals surface area contributed by atoms with Crippen LogP contribution in [0.3, 0.4) is 0 Å². The summed E-state index contributed by atoms with van der Waals surface area (Å²) in [6.45, 7) is 12.6. The molecule has 0 atom stereocenters. The van der Waals surface area contributed by atoms with Crippen LogP contribution in [0, 0.1) is 5.92 Å². The van der Waals surface area contributed by atoms with Gasteiger partial charge in [0.25, 0.3) is 0 Å². The van der Waals surface area contributed by atoms with Gasteiger partial charge in [0.15, 0.2) is 0 Å². The van der Waals surface area contributed by atoms with E-state index in [0.29, 0.717) is 6.61 Å². The van der Waals surface area contributed by atoms with Crippen LogP contribution in [0.25, 0.3) is 0 Å². The van der Waals surface area contributed by atoms with Gasteiger partial charge in [0.2, 0.25) is 0 Å². The predicted molar refractivity (Wildman–Crippen MR) is 82.0 cm³/mol. The highest BCUT2D eigenvalue weighted by Gasteiger charge is 2.13. The molecule has 2 nitrogen and oxygen atoms in total. The third-order valence-electron chi connectivity index (χ3n) is 2.77. The molecule has 0 aromatic heterocycles. The zero-order valence-electron chi connectivity index (χ0n) is 13.2. The fourth-order valence-electron chi connectivity index (χ4n) is 1.61. The van der Waals surface area contributed by atoms with Gasteiger partial charge in [-0.05, 0) is 46.5 Å². The molecule has 2 heteroatoms. The number of allylic oxidation sites excluding steroid dienone is 5. The lowest BCUT2D eigenvalue weighted by Crippen LogP contribution is -2.12. The molecule has 0 aromatic carbocycles. The summed E-state index contributed by atoms with van der Waals surface area (Å²) in [6, 6.07) is 0. The van der Waals surface area contributed by atoms with Crippen molar-refractivity contribution in [2.45, 2.75) is 54.4 Å². The molecule has 0 rings (SSSR count). The van der Waals surface area contributed by atoms with Gasteiger partial charge in [-0.3, -0.25) is 0 Å². The maximum atomic E-state index is 11.8. The zero-order chi connectivity index (χ0) is 14.8. The van der Waals surface area contributed by atoms with Gasteiger partial charge >= 0.3 is 5.97 Å². The molecule has 19 heavy (non-hydrogen) atoms. The van der Waals surface area contributed by atoms with E-state index in [2.05, 4.69) is 26.8 Å². The van der Waals surface area contributed by atoms with E-state index in [1.54, 1.807) is 0 Å². The van der Waals surface area contributed by atoms with Crippen LogP contribution < -0.4 is 0 Å². The van der Waals surface area contributed by atoms with Crippen molar-refractivity contribution in [1.29, 1.82) is 0 Å². The van der Waals surface area contributed by atoms with Crippen molar-refractivity contribution in [1.82, 2.24) is 0 Å². The van der Waals surface area contributed by atoms with Crippen molar-refractivity contribution in [3.05, 3.63) is 34.9 Å². The number of hydrogen-bond acceptors (Lipinski definition) is 2. The highest BCUT2D eigenvalue weighted by Crippen LogP contribution is 2.14. The van der Waals surface area contributed by atoms with Crippen molar-refractivity contribution in [2.24, 2.45) is 5.92 Å². The van der Waals surface area contributed by atoms with Crippen LogP contribution in [0.1, 0.15) is 54.4 Å². The van der Waals surface area contributed by atoms with Crippen LogP contribution in [0.2, 0.25) is 0 Å². The number of esters is 1. The minimum absolute atomic E-state index is 0.181. The molecule has 0 aliphatic rings. The van der Waals surface area contributed by atoms with Gasteiger partial charge < -0.3 is 4.74 Å². The third kappa shape index (κ3) is 8.41. The molecule has 0 heterocycles. The lowest BCUT2D eigenvalue weighted by atomic mass is 10.0. The van der Waals surface area contributed by atoms with E-state index in [9.17, 15) is 4.79 Å². The third-order valence-corrected chi connectivity index (χ3v) is 2.77. The van der Waals surface area contributed by atoms with Gasteiger partial charge in [-0.15, -0.1) is 0 Å². The first-order valence-electron chi connectivity index (χ1n) is 7.06. The summed E-state index contributed by atoms with van der Waals surface area (Å²) in [5.74, 6) is -0.0215. The second kappa shape index (κ2) is 9.60. The fourth-order valence-corrected chi connectivity index (χ4v) is 1.61. The first-order chi connectivity index (χ1) is 8.88. The highest BCUT2D eigenvalue weighted by molar-refractivity contribution is 5.89. The Hall–Kier alpha value is -1.31.